The third kappa shape index (κ3) is 1.08. The van der Waals surface area contributed by atoms with E-state index in [1.807, 2.05) is 0 Å². The van der Waals surface area contributed by atoms with Gasteiger partial charge in [0.25, 0.3) is 0 Å². The molecule has 0 aliphatic heterocycles. The van der Waals surface area contributed by atoms with Crippen LogP contribution in [0.3, 0.4) is 0 Å². The van der Waals surface area contributed by atoms with Gasteiger partial charge in [-0.25, -0.2) is 0 Å². The molecule has 0 atom stereocenters. The molecule has 1 nitrogen and oxygen atoms in total. The first-order valence-electron chi connectivity index (χ1n) is 3.78. The summed E-state index contributed by atoms with van der Waals surface area (Å²) in [7, 11) is 0. The zero-order valence-electron chi connectivity index (χ0n) is 7.57. The average molecular weight is 297 g/mol. The highest BCUT2D eigenvalue weighted by Gasteiger charge is 3.02. The van der Waals surface area contributed by atoms with Crippen molar-refractivity contribution in [2.75, 3.05) is 0 Å². The van der Waals surface area contributed by atoms with Gasteiger partial charge in [-0.1, -0.05) is 0 Å². The summed E-state index contributed by atoms with van der Waals surface area (Å²) in [5.41, 5.74) is 0. The van der Waals surface area contributed by atoms with Crippen molar-refractivity contribution in [3.63, 3.8) is 0 Å². The number of alkyl halides is 11. The van der Waals surface area contributed by atoms with Gasteiger partial charge in [0.05, 0.1) is 0 Å². The van der Waals surface area contributed by atoms with E-state index in [1.54, 1.807) is 0 Å². The number of hydrogen-bond donors (Lipinski definition) is 0. The largest absolute Gasteiger partial charge is 0.384 e. The van der Waals surface area contributed by atoms with Crippen LogP contribution < -0.4 is 0 Å². The Labute approximate surface area is 90.2 Å². The fourth-order valence-corrected chi connectivity index (χ4v) is 1.19. The topological polar surface area (TPSA) is 19.9 Å². The minimum atomic E-state index is -7.31. The summed E-state index contributed by atoms with van der Waals surface area (Å²) in [6.45, 7) is 0. The molecule has 0 bridgehead atoms. The normalized spacial score (nSPS) is 34.0. The molecule has 18 heavy (non-hydrogen) atoms. The van der Waals surface area contributed by atoms with Crippen LogP contribution in [0.15, 0.2) is 0 Å². The van der Waals surface area contributed by atoms with E-state index in [0.29, 0.717) is 0 Å². The Morgan fingerprint density at radius 3 is 0.778 bits per heavy atom. The van der Waals surface area contributed by atoms with E-state index >= 15 is 0 Å². The van der Waals surface area contributed by atoms with Gasteiger partial charge in [0.15, 0.2) is 0 Å². The zero-order valence-corrected chi connectivity index (χ0v) is 7.57. The Kier molecular flexibility index (Phi) is 2.56. The molecule has 0 spiro atoms. The molecule has 12 heteroatoms. The van der Waals surface area contributed by atoms with E-state index in [4.69, 9.17) is 0 Å². The molecule has 1 fully saturated rings. The quantitative estimate of drug-likeness (QED) is 0.612. The first-order valence-corrected chi connectivity index (χ1v) is 3.78. The van der Waals surface area contributed by atoms with Gasteiger partial charge in [0.2, 0.25) is 0 Å². The van der Waals surface area contributed by atoms with Gasteiger partial charge in [-0.15, -0.1) is 0 Å². The summed E-state index contributed by atoms with van der Waals surface area (Å²) in [6, 6.07) is 0. The average Bonchev–Trinajstić information content (AvgIpc) is 2.14. The Morgan fingerprint density at radius 1 is 0.389 bits per heavy atom. The highest BCUT2D eigenvalue weighted by molar-refractivity contribution is 5.22. The van der Waals surface area contributed by atoms with Crippen molar-refractivity contribution in [1.82, 2.24) is 0 Å². The van der Waals surface area contributed by atoms with Crippen LogP contribution in [0.2, 0.25) is 0 Å². The highest BCUT2D eigenvalue weighted by atomic mass is 19.4. The van der Waals surface area contributed by atoms with E-state index in [-0.39, 0.29) is 0 Å². The summed E-state index contributed by atoms with van der Waals surface area (Å²) in [6.07, 6.45) is 0. The molecule has 0 amide bonds. The van der Waals surface area contributed by atoms with Crippen molar-refractivity contribution in [1.29, 1.82) is 0 Å². The van der Waals surface area contributed by atoms with Gasteiger partial charge in [0.1, 0.15) is 0 Å². The first-order chi connectivity index (χ1) is 7.50. The van der Waals surface area contributed by atoms with Crippen molar-refractivity contribution < 1.29 is 53.4 Å². The van der Waals surface area contributed by atoms with Crippen LogP contribution in [0, 0.1) is 0 Å². The highest BCUT2D eigenvalue weighted by Crippen LogP contribution is 2.68. The fraction of sp³-hybridized carbons (Fsp3) is 1.00. The van der Waals surface area contributed by atoms with Crippen molar-refractivity contribution in [3.8, 4) is 0 Å². The van der Waals surface area contributed by atoms with Gasteiger partial charge < -0.3 is 0 Å². The molecular weight excluding hydrogens is 297 g/mol. The minimum absolute atomic E-state index is 7.10. The summed E-state index contributed by atoms with van der Waals surface area (Å²) < 4.78 is 136. The molecule has 0 N–H and O–H groups in total. The Morgan fingerprint density at radius 2 is 0.556 bits per heavy atom. The molecule has 1 radical (unpaired) electrons. The molecule has 1 aliphatic rings. The molecule has 0 aromatic heterocycles. The van der Waals surface area contributed by atoms with Gasteiger partial charge in [-0.3, -0.25) is 0 Å². The smallest absolute Gasteiger partial charge is 0.195 e. The third-order valence-corrected chi connectivity index (χ3v) is 2.39. The van der Waals surface area contributed by atoms with Crippen LogP contribution in [-0.2, 0) is 5.11 Å². The first kappa shape index (κ1) is 15.2. The predicted molar refractivity (Wildman–Crippen MR) is 29.3 cm³/mol. The number of rotatable bonds is 0. The summed E-state index contributed by atoms with van der Waals surface area (Å²) in [4.78, 5) is 0. The molecule has 0 aromatic rings. The van der Waals surface area contributed by atoms with Gasteiger partial charge in [-0.2, -0.15) is 53.4 Å². The molecular formula is C6F11O. The lowest BCUT2D eigenvalue weighted by molar-refractivity contribution is -0.528. The van der Waals surface area contributed by atoms with Crippen molar-refractivity contribution >= 4 is 0 Å². The summed E-state index contributed by atoms with van der Waals surface area (Å²) >= 11 is 0. The van der Waals surface area contributed by atoms with Crippen molar-refractivity contribution in [3.05, 3.63) is 0 Å². The van der Waals surface area contributed by atoms with E-state index in [9.17, 15) is 53.4 Å². The lowest BCUT2D eigenvalue weighted by atomic mass is 9.79. The van der Waals surface area contributed by atoms with Crippen LogP contribution in [0.25, 0.3) is 0 Å². The van der Waals surface area contributed by atoms with Gasteiger partial charge in [0, 0.05) is 0 Å². The van der Waals surface area contributed by atoms with Crippen molar-refractivity contribution in [2.24, 2.45) is 0 Å². The van der Waals surface area contributed by atoms with Crippen LogP contribution >= 0.6 is 0 Å². The number of hydrogen-bond acceptors (Lipinski definition) is 0. The monoisotopic (exact) mass is 297 g/mol. The predicted octanol–water partition coefficient (Wildman–Crippen LogP) is 3.27. The van der Waals surface area contributed by atoms with Gasteiger partial charge in [-0.05, 0) is 0 Å². The molecule has 0 heterocycles. The van der Waals surface area contributed by atoms with Crippen molar-refractivity contribution in [2.45, 2.75) is 35.5 Å². The van der Waals surface area contributed by atoms with Crippen LogP contribution in [0.5, 0.6) is 0 Å². The third-order valence-electron chi connectivity index (χ3n) is 2.39. The van der Waals surface area contributed by atoms with Crippen LogP contribution in [0.1, 0.15) is 0 Å². The molecule has 107 valence electrons. The van der Waals surface area contributed by atoms with Crippen LogP contribution in [0.4, 0.5) is 48.3 Å². The Bertz CT molecular complexity index is 253. The molecule has 0 saturated heterocycles. The number of halogens is 11. The minimum Gasteiger partial charge on any atom is -0.195 e. The molecule has 1 rings (SSSR count). The Hall–Kier alpha value is -0.810. The Balaban J connectivity index is 3.72. The second-order valence-electron chi connectivity index (χ2n) is 3.47. The van der Waals surface area contributed by atoms with E-state index < -0.39 is 35.5 Å². The molecule has 0 unspecified atom stereocenters. The lowest BCUT2D eigenvalue weighted by Crippen LogP contribution is -2.83. The van der Waals surface area contributed by atoms with Crippen LogP contribution in [-0.4, -0.2) is 35.5 Å². The van der Waals surface area contributed by atoms with Gasteiger partial charge >= 0.3 is 35.5 Å². The second-order valence-corrected chi connectivity index (χ2v) is 3.47. The fourth-order valence-electron chi connectivity index (χ4n) is 1.19. The summed E-state index contributed by atoms with van der Waals surface area (Å²) in [5, 5.41) is 10.1. The summed E-state index contributed by atoms with van der Waals surface area (Å²) in [5.74, 6) is -43.5. The SMILES string of the molecule is [O]C1(F)C(F)(F)C(F)(F)C(F)(F)C(F)(F)C1(F)F. The maximum atomic E-state index is 12.4. The van der Waals surface area contributed by atoms with E-state index in [2.05, 4.69) is 0 Å². The molecule has 1 saturated carbocycles. The standard InChI is InChI=1S/C6F11O/c7-1(8)2(9,10)4(13,14)6(17,18)5(15,16)3(1,11)12. The maximum Gasteiger partial charge on any atom is 0.384 e. The molecule has 0 aromatic carbocycles. The second kappa shape index (κ2) is 3.02. The molecule has 1 aliphatic carbocycles. The van der Waals surface area contributed by atoms with E-state index in [0.717, 1.165) is 0 Å². The van der Waals surface area contributed by atoms with E-state index in [1.165, 1.54) is 0 Å². The lowest BCUT2D eigenvalue weighted by Gasteiger charge is -2.49. The maximum absolute atomic E-state index is 12.4. The zero-order chi connectivity index (χ0) is 15.0.